The van der Waals surface area contributed by atoms with Crippen LogP contribution < -0.4 is 0 Å². The first-order valence-electron chi connectivity index (χ1n) is 6.11. The van der Waals surface area contributed by atoms with Crippen LogP contribution in [0.15, 0.2) is 12.4 Å². The van der Waals surface area contributed by atoms with E-state index in [1.54, 1.807) is 17.8 Å². The number of carbonyl (C=O) groups is 1. The van der Waals surface area contributed by atoms with Crippen LogP contribution in [0.25, 0.3) is 0 Å². The number of carboxylic acid groups (broad SMARTS) is 1. The van der Waals surface area contributed by atoms with E-state index in [2.05, 4.69) is 10.00 Å². The molecule has 0 aliphatic carbocycles. The molecule has 1 fully saturated rings. The van der Waals surface area contributed by atoms with E-state index < -0.39 is 11.4 Å². The van der Waals surface area contributed by atoms with Crippen LogP contribution in [0.1, 0.15) is 18.9 Å². The number of rotatable bonds is 5. The zero-order valence-electron chi connectivity index (χ0n) is 10.5. The number of aromatic nitrogens is 2. The third-order valence-electron chi connectivity index (χ3n) is 3.49. The van der Waals surface area contributed by atoms with E-state index >= 15 is 0 Å². The molecule has 1 aliphatic heterocycles. The molecule has 1 saturated heterocycles. The van der Waals surface area contributed by atoms with Gasteiger partial charge >= 0.3 is 5.97 Å². The number of hydrogen-bond acceptors (Lipinski definition) is 4. The molecular formula is C12H19N3O3. The van der Waals surface area contributed by atoms with Gasteiger partial charge < -0.3 is 10.2 Å². The summed E-state index contributed by atoms with van der Waals surface area (Å²) in [6, 6.07) is 0. The Kier molecular flexibility index (Phi) is 3.68. The summed E-state index contributed by atoms with van der Waals surface area (Å²) in [4.78, 5) is 13.3. The number of carboxylic acids is 1. The molecule has 100 valence electrons. The fraction of sp³-hybridized carbons (Fsp3) is 0.667. The van der Waals surface area contributed by atoms with Crippen LogP contribution in [-0.2, 0) is 17.9 Å². The Bertz CT molecular complexity index is 432. The highest BCUT2D eigenvalue weighted by Gasteiger charge is 2.40. The largest absolute Gasteiger partial charge is 0.481 e. The van der Waals surface area contributed by atoms with Crippen LogP contribution in [-0.4, -0.2) is 50.6 Å². The van der Waals surface area contributed by atoms with Gasteiger partial charge in [0.25, 0.3) is 0 Å². The first kappa shape index (κ1) is 13.0. The topological polar surface area (TPSA) is 78.6 Å². The van der Waals surface area contributed by atoms with Crippen LogP contribution in [0.4, 0.5) is 0 Å². The summed E-state index contributed by atoms with van der Waals surface area (Å²) in [5.41, 5.74) is 0.430. The van der Waals surface area contributed by atoms with Gasteiger partial charge in [-0.15, -0.1) is 0 Å². The third-order valence-corrected chi connectivity index (χ3v) is 3.49. The van der Waals surface area contributed by atoms with E-state index in [1.165, 1.54) is 0 Å². The average molecular weight is 253 g/mol. The molecule has 2 rings (SSSR count). The third kappa shape index (κ3) is 2.70. The van der Waals surface area contributed by atoms with Gasteiger partial charge in [0.2, 0.25) is 0 Å². The summed E-state index contributed by atoms with van der Waals surface area (Å²) in [6.07, 6.45) is 4.35. The fourth-order valence-corrected chi connectivity index (χ4v) is 2.34. The molecule has 1 aliphatic rings. The molecule has 0 aromatic carbocycles. The summed E-state index contributed by atoms with van der Waals surface area (Å²) in [5.74, 6) is -0.721. The molecule has 0 spiro atoms. The van der Waals surface area contributed by atoms with Crippen molar-refractivity contribution in [3.8, 4) is 0 Å². The molecule has 1 atom stereocenters. The number of hydrogen-bond donors (Lipinski definition) is 2. The van der Waals surface area contributed by atoms with Crippen LogP contribution in [0.5, 0.6) is 0 Å². The van der Waals surface area contributed by atoms with Crippen molar-refractivity contribution in [3.63, 3.8) is 0 Å². The molecule has 6 nitrogen and oxygen atoms in total. The van der Waals surface area contributed by atoms with Gasteiger partial charge in [-0.25, -0.2) is 0 Å². The lowest BCUT2D eigenvalue weighted by molar-refractivity contribution is -0.147. The van der Waals surface area contributed by atoms with E-state index in [-0.39, 0.29) is 6.61 Å². The van der Waals surface area contributed by atoms with Crippen molar-refractivity contribution in [2.24, 2.45) is 5.41 Å². The summed E-state index contributed by atoms with van der Waals surface area (Å²) in [7, 11) is 0. The molecule has 2 heterocycles. The van der Waals surface area contributed by atoms with Gasteiger partial charge in [0.15, 0.2) is 0 Å². The predicted octanol–water partition coefficient (Wildman–Crippen LogP) is 0.172. The van der Waals surface area contributed by atoms with E-state index in [0.717, 1.165) is 12.1 Å². The molecule has 0 radical (unpaired) electrons. The maximum Gasteiger partial charge on any atom is 0.310 e. The Morgan fingerprint density at radius 2 is 2.39 bits per heavy atom. The summed E-state index contributed by atoms with van der Waals surface area (Å²) >= 11 is 0. The molecule has 0 saturated carbocycles. The molecule has 1 aromatic heterocycles. The normalized spacial score (nSPS) is 24.6. The van der Waals surface area contributed by atoms with E-state index in [9.17, 15) is 4.79 Å². The van der Waals surface area contributed by atoms with Gasteiger partial charge in [-0.2, -0.15) is 5.10 Å². The monoisotopic (exact) mass is 253 g/mol. The predicted molar refractivity (Wildman–Crippen MR) is 64.9 cm³/mol. The Labute approximate surface area is 106 Å². The van der Waals surface area contributed by atoms with Gasteiger partial charge in [0.05, 0.1) is 24.8 Å². The smallest absolute Gasteiger partial charge is 0.310 e. The van der Waals surface area contributed by atoms with E-state index in [1.807, 2.05) is 6.20 Å². The van der Waals surface area contributed by atoms with Crippen molar-refractivity contribution in [2.45, 2.75) is 26.4 Å². The van der Waals surface area contributed by atoms with Crippen molar-refractivity contribution in [1.82, 2.24) is 14.7 Å². The number of aliphatic hydroxyl groups excluding tert-OH is 1. The highest BCUT2D eigenvalue weighted by atomic mass is 16.4. The van der Waals surface area contributed by atoms with Crippen LogP contribution >= 0.6 is 0 Å². The van der Waals surface area contributed by atoms with Crippen LogP contribution in [0.2, 0.25) is 0 Å². The second kappa shape index (κ2) is 5.07. The van der Waals surface area contributed by atoms with Crippen molar-refractivity contribution < 1.29 is 15.0 Å². The van der Waals surface area contributed by atoms with E-state index in [4.69, 9.17) is 10.2 Å². The zero-order chi connectivity index (χ0) is 13.2. The molecule has 1 unspecified atom stereocenters. The Balaban J connectivity index is 1.93. The fourth-order valence-electron chi connectivity index (χ4n) is 2.34. The molecule has 2 N–H and O–H groups in total. The number of aliphatic hydroxyl groups is 1. The number of likely N-dealkylation sites (tertiary alicyclic amines) is 1. The van der Waals surface area contributed by atoms with Crippen LogP contribution in [0, 0.1) is 5.41 Å². The minimum Gasteiger partial charge on any atom is -0.481 e. The van der Waals surface area contributed by atoms with Gasteiger partial charge in [-0.1, -0.05) is 0 Å². The van der Waals surface area contributed by atoms with Crippen molar-refractivity contribution >= 4 is 5.97 Å². The Morgan fingerprint density at radius 1 is 1.61 bits per heavy atom. The number of nitrogens with zero attached hydrogens (tertiary/aromatic N) is 3. The Morgan fingerprint density at radius 3 is 3.00 bits per heavy atom. The minimum absolute atomic E-state index is 0.0713. The molecule has 0 bridgehead atoms. The van der Waals surface area contributed by atoms with Crippen molar-refractivity contribution in [1.29, 1.82) is 0 Å². The maximum absolute atomic E-state index is 11.1. The standard InChI is InChI=1S/C12H19N3O3/c1-12(11(17)18)2-3-14(9-12)7-10-6-13-15(8-10)4-5-16/h6,8,16H,2-5,7,9H2,1H3,(H,17,18). The summed E-state index contributed by atoms with van der Waals surface area (Å²) in [6.45, 7) is 4.45. The minimum atomic E-state index is -0.721. The van der Waals surface area contributed by atoms with E-state index in [0.29, 0.717) is 26.1 Å². The molecule has 6 heteroatoms. The van der Waals surface area contributed by atoms with Crippen molar-refractivity contribution in [3.05, 3.63) is 18.0 Å². The maximum atomic E-state index is 11.1. The lowest BCUT2D eigenvalue weighted by atomic mass is 9.90. The van der Waals surface area contributed by atoms with Gasteiger partial charge in [0.1, 0.15) is 0 Å². The average Bonchev–Trinajstić information content (AvgIpc) is 2.88. The Hall–Kier alpha value is -1.40. The first-order valence-corrected chi connectivity index (χ1v) is 6.11. The molecule has 0 amide bonds. The quantitative estimate of drug-likeness (QED) is 0.782. The molecule has 18 heavy (non-hydrogen) atoms. The van der Waals surface area contributed by atoms with Gasteiger partial charge in [-0.05, 0) is 19.9 Å². The van der Waals surface area contributed by atoms with Crippen molar-refractivity contribution in [2.75, 3.05) is 19.7 Å². The zero-order valence-corrected chi connectivity index (χ0v) is 10.5. The molecular weight excluding hydrogens is 234 g/mol. The summed E-state index contributed by atoms with van der Waals surface area (Å²) in [5, 5.41) is 22.1. The first-order chi connectivity index (χ1) is 8.53. The second-order valence-corrected chi connectivity index (χ2v) is 5.16. The highest BCUT2D eigenvalue weighted by Crippen LogP contribution is 2.30. The van der Waals surface area contributed by atoms with Gasteiger partial charge in [0, 0.05) is 24.8 Å². The SMILES string of the molecule is CC1(C(=O)O)CCN(Cc2cnn(CCO)c2)C1. The lowest BCUT2D eigenvalue weighted by Crippen LogP contribution is -2.31. The van der Waals surface area contributed by atoms with Crippen LogP contribution in [0.3, 0.4) is 0 Å². The molecule has 1 aromatic rings. The second-order valence-electron chi connectivity index (χ2n) is 5.16. The highest BCUT2D eigenvalue weighted by molar-refractivity contribution is 5.74. The number of aliphatic carboxylic acids is 1. The lowest BCUT2D eigenvalue weighted by Gasteiger charge is -2.19. The summed E-state index contributed by atoms with van der Waals surface area (Å²) < 4.78 is 1.70. The van der Waals surface area contributed by atoms with Gasteiger partial charge in [-0.3, -0.25) is 14.4 Å².